The normalized spacial score (nSPS) is 43.5. The number of nitrogens with one attached hydrogen (secondary N) is 1. The maximum absolute atomic E-state index is 11.7. The summed E-state index contributed by atoms with van der Waals surface area (Å²) in [6.07, 6.45) is -0.923. The number of aliphatic hydroxyl groups excluding tert-OH is 1. The molecule has 4 atom stereocenters. The van der Waals surface area contributed by atoms with Crippen LogP contribution >= 0.6 is 0 Å². The van der Waals surface area contributed by atoms with Crippen molar-refractivity contribution >= 4 is 11.9 Å². The summed E-state index contributed by atoms with van der Waals surface area (Å²) in [4.78, 5) is 23.3. The first-order valence-corrected chi connectivity index (χ1v) is 5.51. The predicted molar refractivity (Wildman–Crippen MR) is 55.4 cm³/mol. The maximum Gasteiger partial charge on any atom is 0.339 e. The molecule has 4 unspecified atom stereocenters. The number of hydrogen-bond donors (Lipinski definition) is 2. The average molecular weight is 227 g/mol. The van der Waals surface area contributed by atoms with E-state index in [1.807, 2.05) is 0 Å². The van der Waals surface area contributed by atoms with Crippen molar-refractivity contribution < 1.29 is 19.4 Å². The van der Waals surface area contributed by atoms with E-state index in [0.29, 0.717) is 0 Å². The molecule has 0 radical (unpaired) electrons. The Kier molecular flexibility index (Phi) is 2.11. The van der Waals surface area contributed by atoms with E-state index >= 15 is 0 Å². The highest BCUT2D eigenvalue weighted by Crippen LogP contribution is 2.51. The second kappa shape index (κ2) is 2.97. The number of carbonyl (C=O) groups is 2. The van der Waals surface area contributed by atoms with Crippen LogP contribution in [0.15, 0.2) is 0 Å². The van der Waals surface area contributed by atoms with E-state index < -0.39 is 29.1 Å². The molecule has 0 aromatic rings. The summed E-state index contributed by atoms with van der Waals surface area (Å²) in [5, 5.41) is 12.8. The zero-order chi connectivity index (χ0) is 12.3. The quantitative estimate of drug-likeness (QED) is 0.642. The van der Waals surface area contributed by atoms with E-state index in [4.69, 9.17) is 4.74 Å². The first kappa shape index (κ1) is 11.4. The van der Waals surface area contributed by atoms with Gasteiger partial charge in [0, 0.05) is 0 Å². The lowest BCUT2D eigenvalue weighted by atomic mass is 9.67. The van der Waals surface area contributed by atoms with Gasteiger partial charge in [-0.2, -0.15) is 0 Å². The molecule has 2 saturated heterocycles. The van der Waals surface area contributed by atoms with Crippen molar-refractivity contribution in [1.82, 2.24) is 5.32 Å². The minimum atomic E-state index is -1.25. The van der Waals surface area contributed by atoms with Crippen molar-refractivity contribution in [2.45, 2.75) is 44.9 Å². The molecular weight excluding hydrogens is 210 g/mol. The Morgan fingerprint density at radius 3 is 2.38 bits per heavy atom. The topological polar surface area (TPSA) is 75.6 Å². The molecule has 90 valence electrons. The molecule has 0 aliphatic carbocycles. The first-order chi connectivity index (χ1) is 7.27. The van der Waals surface area contributed by atoms with E-state index in [1.165, 1.54) is 0 Å². The Balaban J connectivity index is 2.45. The molecule has 0 bridgehead atoms. The Bertz CT molecular complexity index is 367. The van der Waals surface area contributed by atoms with Crippen LogP contribution in [0.3, 0.4) is 0 Å². The number of rotatable bonds is 2. The number of carbonyl (C=O) groups excluding carboxylic acids is 2. The number of hydrogen-bond acceptors (Lipinski definition) is 4. The largest absolute Gasteiger partial charge is 0.453 e. The van der Waals surface area contributed by atoms with Crippen LogP contribution in [-0.4, -0.2) is 34.2 Å². The molecule has 0 saturated carbocycles. The lowest BCUT2D eigenvalue weighted by Gasteiger charge is -2.53. The van der Waals surface area contributed by atoms with Crippen molar-refractivity contribution in [2.24, 2.45) is 11.8 Å². The van der Waals surface area contributed by atoms with Gasteiger partial charge in [-0.25, -0.2) is 4.79 Å². The van der Waals surface area contributed by atoms with Gasteiger partial charge in [0.2, 0.25) is 11.4 Å². The maximum atomic E-state index is 11.7. The molecule has 1 amide bonds. The van der Waals surface area contributed by atoms with E-state index in [2.05, 4.69) is 5.32 Å². The van der Waals surface area contributed by atoms with Crippen molar-refractivity contribution in [2.75, 3.05) is 0 Å². The van der Waals surface area contributed by atoms with Gasteiger partial charge in [-0.05, 0) is 19.8 Å². The van der Waals surface area contributed by atoms with Crippen molar-refractivity contribution in [3.05, 3.63) is 0 Å². The van der Waals surface area contributed by atoms with Gasteiger partial charge in [0.15, 0.2) is 5.60 Å². The van der Waals surface area contributed by atoms with Crippen LogP contribution in [0.1, 0.15) is 27.7 Å². The lowest BCUT2D eigenvalue weighted by Crippen LogP contribution is -2.79. The number of amides is 1. The molecule has 5 nitrogen and oxygen atoms in total. The van der Waals surface area contributed by atoms with Crippen molar-refractivity contribution in [3.63, 3.8) is 0 Å². The molecule has 0 aromatic carbocycles. The fraction of sp³-hybridized carbons (Fsp3) is 0.818. The third kappa shape index (κ3) is 0.948. The van der Waals surface area contributed by atoms with Crippen LogP contribution < -0.4 is 5.32 Å². The summed E-state index contributed by atoms with van der Waals surface area (Å²) in [6.45, 7) is 7.01. The van der Waals surface area contributed by atoms with Gasteiger partial charge < -0.3 is 15.2 Å². The number of aliphatic hydroxyl groups is 1. The summed E-state index contributed by atoms with van der Waals surface area (Å²) in [5.41, 5.74) is -2.18. The molecular formula is C11H17NO4. The number of esters is 1. The van der Waals surface area contributed by atoms with Crippen LogP contribution in [0.2, 0.25) is 0 Å². The number of fused-ring (bicyclic) bond motifs is 1. The SMILES string of the molecule is CC(C)C(O)C12NC(=O)C(C)C1(C)OC2=O. The fourth-order valence-electron chi connectivity index (χ4n) is 2.66. The molecule has 2 rings (SSSR count). The van der Waals surface area contributed by atoms with Gasteiger partial charge in [-0.3, -0.25) is 4.79 Å². The molecule has 0 aromatic heterocycles. The molecule has 5 heteroatoms. The molecule has 16 heavy (non-hydrogen) atoms. The predicted octanol–water partition coefficient (Wildman–Crippen LogP) is -0.177. The molecule has 2 aliphatic heterocycles. The van der Waals surface area contributed by atoms with Gasteiger partial charge in [0.25, 0.3) is 0 Å². The third-order valence-corrected chi connectivity index (χ3v) is 4.02. The van der Waals surface area contributed by atoms with Gasteiger partial charge in [-0.1, -0.05) is 13.8 Å². The monoisotopic (exact) mass is 227 g/mol. The Hall–Kier alpha value is -1.10. The van der Waals surface area contributed by atoms with Gasteiger partial charge in [0.1, 0.15) is 0 Å². The Labute approximate surface area is 94.2 Å². The standard InChI is InChI=1S/C11H17NO4/c1-5(2)7(13)11-9(15)16-10(11,4)6(3)8(14)12-11/h5-7,13H,1-4H3,(H,12,14). The van der Waals surface area contributed by atoms with E-state index in [-0.39, 0.29) is 11.8 Å². The van der Waals surface area contributed by atoms with E-state index in [1.54, 1.807) is 27.7 Å². The second-order valence-electron chi connectivity index (χ2n) is 5.20. The zero-order valence-electron chi connectivity index (χ0n) is 9.90. The Morgan fingerprint density at radius 2 is 2.00 bits per heavy atom. The van der Waals surface area contributed by atoms with E-state index in [0.717, 1.165) is 0 Å². The lowest BCUT2D eigenvalue weighted by molar-refractivity contribution is -0.237. The smallest absolute Gasteiger partial charge is 0.339 e. The van der Waals surface area contributed by atoms with Crippen LogP contribution in [-0.2, 0) is 14.3 Å². The molecule has 2 aliphatic rings. The molecule has 2 N–H and O–H groups in total. The zero-order valence-corrected chi connectivity index (χ0v) is 9.90. The highest BCUT2D eigenvalue weighted by molar-refractivity contribution is 6.01. The molecule has 2 fully saturated rings. The highest BCUT2D eigenvalue weighted by atomic mass is 16.6. The molecule has 2 heterocycles. The minimum absolute atomic E-state index is 0.127. The minimum Gasteiger partial charge on any atom is -0.453 e. The van der Waals surface area contributed by atoms with Gasteiger partial charge in [0.05, 0.1) is 12.0 Å². The van der Waals surface area contributed by atoms with Gasteiger partial charge >= 0.3 is 5.97 Å². The Morgan fingerprint density at radius 1 is 1.44 bits per heavy atom. The summed E-state index contributed by atoms with van der Waals surface area (Å²) in [5.74, 6) is -1.33. The highest BCUT2D eigenvalue weighted by Gasteiger charge is 2.78. The average Bonchev–Trinajstić information content (AvgIpc) is 2.36. The fourth-order valence-corrected chi connectivity index (χ4v) is 2.66. The number of ether oxygens (including phenoxy) is 1. The van der Waals surface area contributed by atoms with Gasteiger partial charge in [-0.15, -0.1) is 0 Å². The third-order valence-electron chi connectivity index (χ3n) is 4.02. The summed E-state index contributed by atoms with van der Waals surface area (Å²) < 4.78 is 5.13. The summed E-state index contributed by atoms with van der Waals surface area (Å²) in [6, 6.07) is 0. The van der Waals surface area contributed by atoms with Crippen molar-refractivity contribution in [3.8, 4) is 0 Å². The molecule has 0 spiro atoms. The van der Waals surface area contributed by atoms with Crippen LogP contribution in [0.4, 0.5) is 0 Å². The van der Waals surface area contributed by atoms with Crippen LogP contribution in [0.5, 0.6) is 0 Å². The van der Waals surface area contributed by atoms with Crippen molar-refractivity contribution in [1.29, 1.82) is 0 Å². The summed E-state index contributed by atoms with van der Waals surface area (Å²) >= 11 is 0. The first-order valence-electron chi connectivity index (χ1n) is 5.51. The van der Waals surface area contributed by atoms with Crippen LogP contribution in [0.25, 0.3) is 0 Å². The second-order valence-corrected chi connectivity index (χ2v) is 5.20. The summed E-state index contributed by atoms with van der Waals surface area (Å²) in [7, 11) is 0. The van der Waals surface area contributed by atoms with Crippen LogP contribution in [0, 0.1) is 11.8 Å². The van der Waals surface area contributed by atoms with E-state index in [9.17, 15) is 14.7 Å².